The number of aliphatic hydroxyl groups excluding tert-OH is 1. The highest BCUT2D eigenvalue weighted by Gasteiger charge is 2.24. The SMILES string of the molecule is CC(C)[C@@H](CO)N=Cc1cc(C(C)(C)C)cc(C(C)(C)C)c1O. The average Bonchev–Trinajstić information content (AvgIpc) is 2.37. The van der Waals surface area contributed by atoms with E-state index in [0.29, 0.717) is 0 Å². The molecule has 0 aliphatic carbocycles. The van der Waals surface area contributed by atoms with Crippen molar-refractivity contribution in [3.63, 3.8) is 0 Å². The number of aliphatic hydroxyl groups is 1. The van der Waals surface area contributed by atoms with Gasteiger partial charge < -0.3 is 10.2 Å². The monoisotopic (exact) mass is 319 g/mol. The first-order chi connectivity index (χ1) is 10.4. The van der Waals surface area contributed by atoms with Gasteiger partial charge in [-0.25, -0.2) is 0 Å². The number of phenols is 1. The third kappa shape index (κ3) is 5.07. The predicted octanol–water partition coefficient (Wildman–Crippen LogP) is 4.42. The van der Waals surface area contributed by atoms with Gasteiger partial charge in [-0.15, -0.1) is 0 Å². The molecule has 0 saturated heterocycles. The minimum atomic E-state index is -0.150. The van der Waals surface area contributed by atoms with Gasteiger partial charge >= 0.3 is 0 Å². The Morgan fingerprint density at radius 3 is 2.00 bits per heavy atom. The molecule has 130 valence electrons. The fourth-order valence-electron chi connectivity index (χ4n) is 2.37. The molecule has 0 aliphatic rings. The summed E-state index contributed by atoms with van der Waals surface area (Å²) < 4.78 is 0. The van der Waals surface area contributed by atoms with Crippen LogP contribution in [0.4, 0.5) is 0 Å². The molecule has 0 aromatic heterocycles. The molecule has 0 fully saturated rings. The summed E-state index contributed by atoms with van der Waals surface area (Å²) in [5.41, 5.74) is 2.66. The highest BCUT2D eigenvalue weighted by molar-refractivity contribution is 5.85. The van der Waals surface area contributed by atoms with E-state index in [1.165, 1.54) is 5.56 Å². The largest absolute Gasteiger partial charge is 0.507 e. The van der Waals surface area contributed by atoms with Crippen LogP contribution in [-0.2, 0) is 10.8 Å². The van der Waals surface area contributed by atoms with Crippen molar-refractivity contribution in [2.45, 2.75) is 72.3 Å². The van der Waals surface area contributed by atoms with E-state index in [9.17, 15) is 10.2 Å². The van der Waals surface area contributed by atoms with Crippen molar-refractivity contribution in [1.29, 1.82) is 0 Å². The Labute approximate surface area is 141 Å². The van der Waals surface area contributed by atoms with Gasteiger partial charge in [-0.1, -0.05) is 61.5 Å². The Bertz CT molecular complexity index is 560. The summed E-state index contributed by atoms with van der Waals surface area (Å²) >= 11 is 0. The Morgan fingerprint density at radius 2 is 1.61 bits per heavy atom. The number of benzene rings is 1. The Kier molecular flexibility index (Phi) is 6.03. The van der Waals surface area contributed by atoms with Crippen molar-refractivity contribution < 1.29 is 10.2 Å². The molecule has 0 unspecified atom stereocenters. The first kappa shape index (κ1) is 19.7. The predicted molar refractivity (Wildman–Crippen MR) is 98.8 cm³/mol. The van der Waals surface area contributed by atoms with E-state index >= 15 is 0 Å². The molecule has 0 aliphatic heterocycles. The van der Waals surface area contributed by atoms with Crippen molar-refractivity contribution in [3.8, 4) is 5.75 Å². The van der Waals surface area contributed by atoms with Crippen LogP contribution in [0.1, 0.15) is 72.1 Å². The van der Waals surface area contributed by atoms with Gasteiger partial charge in [-0.3, -0.25) is 4.99 Å². The molecule has 0 heterocycles. The molecule has 0 bridgehead atoms. The Balaban J connectivity index is 3.44. The molecule has 0 saturated carbocycles. The van der Waals surface area contributed by atoms with E-state index in [4.69, 9.17) is 0 Å². The minimum absolute atomic E-state index is 0.00921. The summed E-state index contributed by atoms with van der Waals surface area (Å²) in [6, 6.07) is 3.95. The highest BCUT2D eigenvalue weighted by atomic mass is 16.3. The van der Waals surface area contributed by atoms with Gasteiger partial charge in [-0.05, 0) is 28.4 Å². The Morgan fingerprint density at radius 1 is 1.04 bits per heavy atom. The molecule has 0 radical (unpaired) electrons. The second-order valence-electron chi connectivity index (χ2n) is 8.73. The number of hydrogen-bond acceptors (Lipinski definition) is 3. The van der Waals surface area contributed by atoms with Crippen LogP contribution < -0.4 is 0 Å². The van der Waals surface area contributed by atoms with Gasteiger partial charge in [0.15, 0.2) is 0 Å². The molecule has 1 atom stereocenters. The molecule has 3 nitrogen and oxygen atoms in total. The number of aromatic hydroxyl groups is 1. The summed E-state index contributed by atoms with van der Waals surface area (Å²) in [6.45, 7) is 16.9. The molecule has 23 heavy (non-hydrogen) atoms. The fraction of sp³-hybridized carbons (Fsp3) is 0.650. The van der Waals surface area contributed by atoms with Crippen LogP contribution in [0.15, 0.2) is 17.1 Å². The van der Waals surface area contributed by atoms with E-state index in [0.717, 1.165) is 11.1 Å². The van der Waals surface area contributed by atoms with Crippen LogP contribution in [-0.4, -0.2) is 29.1 Å². The standard InChI is InChI=1S/C20H33NO2/c1-13(2)17(12-22)21-11-14-9-15(19(3,4)5)10-16(18(14)23)20(6,7)8/h9-11,13,17,22-23H,12H2,1-8H3/t17-/m1/s1. The zero-order chi connectivity index (χ0) is 18.0. The van der Waals surface area contributed by atoms with Crippen molar-refractivity contribution in [3.05, 3.63) is 28.8 Å². The van der Waals surface area contributed by atoms with Crippen LogP contribution in [0.25, 0.3) is 0 Å². The van der Waals surface area contributed by atoms with Crippen molar-refractivity contribution in [1.82, 2.24) is 0 Å². The number of aliphatic imine (C=N–C) groups is 1. The smallest absolute Gasteiger partial charge is 0.128 e. The lowest BCUT2D eigenvalue weighted by atomic mass is 9.79. The van der Waals surface area contributed by atoms with Gasteiger partial charge in [0.05, 0.1) is 12.6 Å². The van der Waals surface area contributed by atoms with E-state index < -0.39 is 0 Å². The normalized spacial score (nSPS) is 14.7. The lowest BCUT2D eigenvalue weighted by Gasteiger charge is -2.27. The first-order valence-electron chi connectivity index (χ1n) is 8.40. The topological polar surface area (TPSA) is 52.8 Å². The number of nitrogens with zero attached hydrogens (tertiary/aromatic N) is 1. The highest BCUT2D eigenvalue weighted by Crippen LogP contribution is 2.37. The third-order valence-corrected chi connectivity index (χ3v) is 4.18. The van der Waals surface area contributed by atoms with E-state index in [2.05, 4.69) is 52.6 Å². The van der Waals surface area contributed by atoms with Gasteiger partial charge in [0, 0.05) is 17.3 Å². The van der Waals surface area contributed by atoms with Gasteiger partial charge in [0.25, 0.3) is 0 Å². The molecule has 1 rings (SSSR count). The van der Waals surface area contributed by atoms with Crippen LogP contribution >= 0.6 is 0 Å². The van der Waals surface area contributed by atoms with Crippen molar-refractivity contribution in [2.24, 2.45) is 10.9 Å². The zero-order valence-electron chi connectivity index (χ0n) is 15.9. The molecular weight excluding hydrogens is 286 g/mol. The van der Waals surface area contributed by atoms with E-state index in [1.807, 2.05) is 19.9 Å². The molecule has 1 aromatic carbocycles. The average molecular weight is 319 g/mol. The summed E-state index contributed by atoms with van der Waals surface area (Å²) in [5.74, 6) is 0.543. The van der Waals surface area contributed by atoms with Gasteiger partial charge in [-0.2, -0.15) is 0 Å². The third-order valence-electron chi connectivity index (χ3n) is 4.18. The van der Waals surface area contributed by atoms with E-state index in [1.54, 1.807) is 6.21 Å². The maximum atomic E-state index is 10.7. The lowest BCUT2D eigenvalue weighted by Crippen LogP contribution is -2.19. The molecule has 0 amide bonds. The van der Waals surface area contributed by atoms with Crippen LogP contribution in [0.2, 0.25) is 0 Å². The Hall–Kier alpha value is -1.35. The maximum absolute atomic E-state index is 10.7. The first-order valence-corrected chi connectivity index (χ1v) is 8.40. The number of rotatable bonds is 4. The lowest BCUT2D eigenvalue weighted by molar-refractivity contribution is 0.240. The van der Waals surface area contributed by atoms with Crippen LogP contribution in [0.5, 0.6) is 5.75 Å². The minimum Gasteiger partial charge on any atom is -0.507 e. The number of phenolic OH excluding ortho intramolecular Hbond substituents is 1. The van der Waals surface area contributed by atoms with Crippen molar-refractivity contribution >= 4 is 6.21 Å². The molecular formula is C20H33NO2. The number of hydrogen-bond donors (Lipinski definition) is 2. The second kappa shape index (κ2) is 7.04. The molecule has 3 heteroatoms. The maximum Gasteiger partial charge on any atom is 0.128 e. The van der Waals surface area contributed by atoms with Crippen molar-refractivity contribution in [2.75, 3.05) is 6.61 Å². The summed E-state index contributed by atoms with van der Waals surface area (Å²) in [7, 11) is 0. The van der Waals surface area contributed by atoms with Crippen LogP contribution in [0.3, 0.4) is 0 Å². The summed E-state index contributed by atoms with van der Waals surface area (Å²) in [5, 5.41) is 20.1. The molecule has 0 spiro atoms. The van der Waals surface area contributed by atoms with Crippen LogP contribution in [0, 0.1) is 5.92 Å². The molecule has 1 aromatic rings. The second-order valence-corrected chi connectivity index (χ2v) is 8.73. The summed E-state index contributed by atoms with van der Waals surface area (Å²) in [6.07, 6.45) is 1.71. The van der Waals surface area contributed by atoms with Gasteiger partial charge in [0.2, 0.25) is 0 Å². The zero-order valence-corrected chi connectivity index (χ0v) is 15.9. The quantitative estimate of drug-likeness (QED) is 0.807. The van der Waals surface area contributed by atoms with Gasteiger partial charge in [0.1, 0.15) is 5.75 Å². The fourth-order valence-corrected chi connectivity index (χ4v) is 2.37. The molecule has 2 N–H and O–H groups in total. The summed E-state index contributed by atoms with van der Waals surface area (Å²) in [4.78, 5) is 4.48. The van der Waals surface area contributed by atoms with E-state index in [-0.39, 0.29) is 35.1 Å².